The number of amides is 2. The molecule has 6 nitrogen and oxygen atoms in total. The first kappa shape index (κ1) is 18.9. The van der Waals surface area contributed by atoms with Crippen LogP contribution in [0.2, 0.25) is 5.15 Å². The van der Waals surface area contributed by atoms with Crippen LogP contribution in [0.1, 0.15) is 38.2 Å². The Morgan fingerprint density at radius 2 is 1.86 bits per heavy atom. The van der Waals surface area contributed by atoms with Crippen LogP contribution < -0.4 is 0 Å². The lowest BCUT2D eigenvalue weighted by Gasteiger charge is -2.21. The smallest absolute Gasteiger partial charge is 0.329 e. The standard InChI is InChI=1S/C21H21ClN2O4/c1-12(24-19(25)15-7-3-4-8-16(15)20(24)26)21(27)28-11-14-10-13-6-2-5-9-17(13)23-18(14)22/h2,5-6,9-10,12,15-16H,3-4,7-8,11H2,1H3/t12-,15-,16+/m0/s1. The SMILES string of the molecule is C[C@@H](C(=O)OCc1cc2ccccc2nc1Cl)N1C(=O)[C@H]2CCCC[C@H]2C1=O. The number of likely N-dealkylation sites (tertiary alicyclic amines) is 1. The maximum Gasteiger partial charge on any atom is 0.329 e. The minimum Gasteiger partial charge on any atom is -0.459 e. The first-order valence-electron chi connectivity index (χ1n) is 9.55. The average molecular weight is 401 g/mol. The third-order valence-corrected chi connectivity index (χ3v) is 6.05. The van der Waals surface area contributed by atoms with Gasteiger partial charge in [-0.05, 0) is 31.9 Å². The second-order valence-electron chi connectivity index (χ2n) is 7.46. The van der Waals surface area contributed by atoms with E-state index in [2.05, 4.69) is 4.98 Å². The van der Waals surface area contributed by atoms with Crippen molar-refractivity contribution in [2.24, 2.45) is 11.8 Å². The van der Waals surface area contributed by atoms with Crippen molar-refractivity contribution in [3.8, 4) is 0 Å². The van der Waals surface area contributed by atoms with Crippen molar-refractivity contribution in [3.05, 3.63) is 41.0 Å². The van der Waals surface area contributed by atoms with Gasteiger partial charge in [-0.3, -0.25) is 14.5 Å². The molecule has 1 aliphatic carbocycles. The quantitative estimate of drug-likeness (QED) is 0.446. The van der Waals surface area contributed by atoms with Crippen LogP contribution in [0.5, 0.6) is 0 Å². The summed E-state index contributed by atoms with van der Waals surface area (Å²) in [5.74, 6) is -1.68. The van der Waals surface area contributed by atoms with Crippen molar-refractivity contribution < 1.29 is 19.1 Å². The van der Waals surface area contributed by atoms with Gasteiger partial charge in [0.1, 0.15) is 17.8 Å². The highest BCUT2D eigenvalue weighted by Crippen LogP contribution is 2.39. The largest absolute Gasteiger partial charge is 0.459 e. The number of ether oxygens (including phenoxy) is 1. The summed E-state index contributed by atoms with van der Waals surface area (Å²) in [6.07, 6.45) is 3.32. The van der Waals surface area contributed by atoms with Crippen LogP contribution in [-0.2, 0) is 25.7 Å². The average Bonchev–Trinajstić information content (AvgIpc) is 2.96. The number of esters is 1. The Morgan fingerprint density at radius 1 is 1.21 bits per heavy atom. The van der Waals surface area contributed by atoms with E-state index < -0.39 is 12.0 Å². The molecule has 0 spiro atoms. The fraction of sp³-hybridized carbons (Fsp3) is 0.429. The molecule has 4 rings (SSSR count). The molecular weight excluding hydrogens is 380 g/mol. The number of aromatic nitrogens is 1. The summed E-state index contributed by atoms with van der Waals surface area (Å²) in [5, 5.41) is 1.15. The number of nitrogens with zero attached hydrogens (tertiary/aromatic N) is 2. The van der Waals surface area contributed by atoms with Gasteiger partial charge in [0.25, 0.3) is 0 Å². The Balaban J connectivity index is 1.46. The molecule has 1 aliphatic heterocycles. The van der Waals surface area contributed by atoms with Crippen LogP contribution in [0.25, 0.3) is 10.9 Å². The van der Waals surface area contributed by atoms with Gasteiger partial charge in [0, 0.05) is 10.9 Å². The zero-order valence-corrected chi connectivity index (χ0v) is 16.3. The van der Waals surface area contributed by atoms with E-state index >= 15 is 0 Å². The molecule has 2 aliphatic rings. The number of rotatable bonds is 4. The second kappa shape index (κ2) is 7.51. The van der Waals surface area contributed by atoms with Gasteiger partial charge in [0.05, 0.1) is 17.4 Å². The Morgan fingerprint density at radius 3 is 2.54 bits per heavy atom. The van der Waals surface area contributed by atoms with Crippen LogP contribution in [0.3, 0.4) is 0 Å². The third-order valence-electron chi connectivity index (χ3n) is 5.72. The first-order valence-corrected chi connectivity index (χ1v) is 9.93. The molecule has 146 valence electrons. The lowest BCUT2D eigenvalue weighted by Crippen LogP contribution is -2.44. The molecule has 2 fully saturated rings. The fourth-order valence-corrected chi connectivity index (χ4v) is 4.38. The third kappa shape index (κ3) is 3.26. The highest BCUT2D eigenvalue weighted by molar-refractivity contribution is 6.30. The van der Waals surface area contributed by atoms with Crippen LogP contribution in [0, 0.1) is 11.8 Å². The predicted octanol–water partition coefficient (Wildman–Crippen LogP) is 3.50. The minimum absolute atomic E-state index is 0.0665. The van der Waals surface area contributed by atoms with Crippen molar-refractivity contribution in [3.63, 3.8) is 0 Å². The van der Waals surface area contributed by atoms with E-state index in [1.807, 2.05) is 30.3 Å². The number of pyridine rings is 1. The van der Waals surface area contributed by atoms with Gasteiger partial charge >= 0.3 is 5.97 Å². The molecule has 1 saturated heterocycles. The summed E-state index contributed by atoms with van der Waals surface area (Å²) in [4.78, 5) is 43.2. The molecule has 0 N–H and O–H groups in total. The normalized spacial score (nSPS) is 23.0. The monoisotopic (exact) mass is 400 g/mol. The van der Waals surface area contributed by atoms with Crippen molar-refractivity contribution >= 4 is 40.3 Å². The number of fused-ring (bicyclic) bond motifs is 2. The number of benzene rings is 1. The van der Waals surface area contributed by atoms with Crippen LogP contribution in [-0.4, -0.2) is 33.7 Å². The van der Waals surface area contributed by atoms with Gasteiger partial charge in [0.2, 0.25) is 11.8 Å². The zero-order chi connectivity index (χ0) is 19.8. The molecule has 28 heavy (non-hydrogen) atoms. The number of para-hydroxylation sites is 1. The van der Waals surface area contributed by atoms with E-state index in [4.69, 9.17) is 16.3 Å². The topological polar surface area (TPSA) is 76.6 Å². The number of halogens is 1. The Bertz CT molecular complexity index is 937. The molecule has 2 aromatic rings. The van der Waals surface area contributed by atoms with E-state index in [-0.39, 0.29) is 35.4 Å². The molecule has 2 heterocycles. The van der Waals surface area contributed by atoms with Crippen molar-refractivity contribution in [1.29, 1.82) is 0 Å². The molecule has 7 heteroatoms. The number of carbonyl (C=O) groups is 3. The molecule has 0 bridgehead atoms. The van der Waals surface area contributed by atoms with Crippen molar-refractivity contribution in [2.45, 2.75) is 45.3 Å². The highest BCUT2D eigenvalue weighted by Gasteiger charge is 2.51. The Hall–Kier alpha value is -2.47. The zero-order valence-electron chi connectivity index (χ0n) is 15.6. The van der Waals surface area contributed by atoms with E-state index in [9.17, 15) is 14.4 Å². The minimum atomic E-state index is -0.946. The Kier molecular flexibility index (Phi) is 5.06. The van der Waals surface area contributed by atoms with E-state index in [0.29, 0.717) is 18.4 Å². The first-order chi connectivity index (χ1) is 13.5. The van der Waals surface area contributed by atoms with E-state index in [1.54, 1.807) is 0 Å². The molecule has 3 atom stereocenters. The molecule has 1 aromatic carbocycles. The van der Waals surface area contributed by atoms with Gasteiger partial charge in [-0.2, -0.15) is 0 Å². The molecule has 0 radical (unpaired) electrons. The Labute approximate surface area is 167 Å². The molecule has 2 amide bonds. The van der Waals surface area contributed by atoms with Gasteiger partial charge in [-0.15, -0.1) is 0 Å². The summed E-state index contributed by atoms with van der Waals surface area (Å²) < 4.78 is 5.37. The summed E-state index contributed by atoms with van der Waals surface area (Å²) in [6.45, 7) is 1.47. The number of imide groups is 1. The van der Waals surface area contributed by atoms with E-state index in [1.165, 1.54) is 6.92 Å². The molecular formula is C21H21ClN2O4. The predicted molar refractivity (Wildman–Crippen MR) is 103 cm³/mol. The van der Waals surface area contributed by atoms with Crippen molar-refractivity contribution in [1.82, 2.24) is 9.88 Å². The van der Waals surface area contributed by atoms with Crippen LogP contribution in [0.4, 0.5) is 0 Å². The van der Waals surface area contributed by atoms with Gasteiger partial charge < -0.3 is 4.74 Å². The number of hydrogen-bond acceptors (Lipinski definition) is 5. The lowest BCUT2D eigenvalue weighted by atomic mass is 9.81. The molecule has 1 aromatic heterocycles. The summed E-state index contributed by atoms with van der Waals surface area (Å²) in [6, 6.07) is 8.38. The number of carbonyl (C=O) groups excluding carboxylic acids is 3. The maximum atomic E-state index is 12.6. The maximum absolute atomic E-state index is 12.6. The van der Waals surface area contributed by atoms with Gasteiger partial charge in [-0.25, -0.2) is 9.78 Å². The van der Waals surface area contributed by atoms with Crippen LogP contribution in [0.15, 0.2) is 30.3 Å². The number of hydrogen-bond donors (Lipinski definition) is 0. The lowest BCUT2D eigenvalue weighted by molar-refractivity contribution is -0.159. The van der Waals surface area contributed by atoms with E-state index in [0.717, 1.165) is 28.6 Å². The highest BCUT2D eigenvalue weighted by atomic mass is 35.5. The second-order valence-corrected chi connectivity index (χ2v) is 7.82. The van der Waals surface area contributed by atoms with Gasteiger partial charge in [-0.1, -0.05) is 42.6 Å². The fourth-order valence-electron chi connectivity index (χ4n) is 4.18. The molecule has 0 unspecified atom stereocenters. The summed E-state index contributed by atoms with van der Waals surface area (Å²) in [5.41, 5.74) is 1.33. The summed E-state index contributed by atoms with van der Waals surface area (Å²) >= 11 is 6.20. The summed E-state index contributed by atoms with van der Waals surface area (Å²) in [7, 11) is 0. The van der Waals surface area contributed by atoms with Crippen molar-refractivity contribution in [2.75, 3.05) is 0 Å². The van der Waals surface area contributed by atoms with Gasteiger partial charge in [0.15, 0.2) is 0 Å². The molecule has 1 saturated carbocycles. The van der Waals surface area contributed by atoms with Crippen LogP contribution >= 0.6 is 11.6 Å².